The van der Waals surface area contributed by atoms with E-state index in [1.165, 1.54) is 15.3 Å². The molecule has 3 heterocycles. The van der Waals surface area contributed by atoms with Crippen LogP contribution in [0.15, 0.2) is 75.8 Å². The van der Waals surface area contributed by atoms with Crippen molar-refractivity contribution in [1.29, 1.82) is 0 Å². The van der Waals surface area contributed by atoms with Gasteiger partial charge in [-0.05, 0) is 58.1 Å². The van der Waals surface area contributed by atoms with Crippen molar-refractivity contribution in [3.63, 3.8) is 0 Å². The van der Waals surface area contributed by atoms with E-state index in [0.717, 1.165) is 21.2 Å². The highest BCUT2D eigenvalue weighted by Crippen LogP contribution is 2.35. The van der Waals surface area contributed by atoms with Gasteiger partial charge in [0.2, 0.25) is 0 Å². The number of thiophene rings is 2. The molecule has 0 radical (unpaired) electrons. The van der Waals surface area contributed by atoms with Crippen LogP contribution < -0.4 is 0 Å². The molecule has 0 unspecified atom stereocenters. The van der Waals surface area contributed by atoms with Crippen LogP contribution in [0.25, 0.3) is 32.1 Å². The van der Waals surface area contributed by atoms with Gasteiger partial charge < -0.3 is 5.11 Å². The molecule has 0 saturated carbocycles. The number of hydrogen-bond donors (Lipinski definition) is 1. The van der Waals surface area contributed by atoms with Crippen molar-refractivity contribution in [1.82, 2.24) is 3.97 Å². The fraction of sp³-hybridized carbons (Fsp3) is 0.0870. The number of carbonyl (C=O) groups is 1. The first kappa shape index (κ1) is 20.0. The zero-order valence-corrected chi connectivity index (χ0v) is 18.6. The van der Waals surface area contributed by atoms with Crippen molar-refractivity contribution < 1.29 is 18.3 Å². The van der Waals surface area contributed by atoms with Gasteiger partial charge in [-0.15, -0.1) is 11.3 Å². The number of hydrogen-bond acceptors (Lipinski definition) is 5. The van der Waals surface area contributed by atoms with Crippen molar-refractivity contribution in [3.05, 3.63) is 76.4 Å². The van der Waals surface area contributed by atoms with Crippen molar-refractivity contribution in [2.45, 2.75) is 17.7 Å². The van der Waals surface area contributed by atoms with E-state index in [1.807, 2.05) is 53.2 Å². The summed E-state index contributed by atoms with van der Waals surface area (Å²) in [5.41, 5.74) is 3.28. The van der Waals surface area contributed by atoms with E-state index in [2.05, 4.69) is 0 Å². The van der Waals surface area contributed by atoms with Crippen LogP contribution >= 0.6 is 22.7 Å². The molecule has 0 aliphatic carbocycles. The number of aryl methyl sites for hydroxylation is 1. The lowest BCUT2D eigenvalue weighted by Gasteiger charge is -2.07. The van der Waals surface area contributed by atoms with Crippen molar-refractivity contribution in [2.75, 3.05) is 0 Å². The topological polar surface area (TPSA) is 76.4 Å². The molecule has 0 atom stereocenters. The highest BCUT2D eigenvalue weighted by molar-refractivity contribution is 7.90. The summed E-state index contributed by atoms with van der Waals surface area (Å²) in [6.45, 7) is 0. The predicted octanol–water partition coefficient (Wildman–Crippen LogP) is 5.84. The third-order valence-electron chi connectivity index (χ3n) is 5.30. The molecule has 1 N–H and O–H groups in total. The van der Waals surface area contributed by atoms with Crippen LogP contribution in [0.3, 0.4) is 0 Å². The van der Waals surface area contributed by atoms with Crippen LogP contribution in [-0.4, -0.2) is 23.5 Å². The Morgan fingerprint density at radius 3 is 2.61 bits per heavy atom. The smallest absolute Gasteiger partial charge is 0.303 e. The normalized spacial score (nSPS) is 12.0. The van der Waals surface area contributed by atoms with E-state index >= 15 is 0 Å². The maximum Gasteiger partial charge on any atom is 0.303 e. The Hall–Kier alpha value is -2.94. The average molecular weight is 468 g/mol. The molecule has 0 bridgehead atoms. The zero-order valence-electron chi connectivity index (χ0n) is 16.2. The second kappa shape index (κ2) is 7.64. The molecule has 0 saturated heterocycles. The van der Waals surface area contributed by atoms with Gasteiger partial charge in [0.1, 0.15) is 4.90 Å². The van der Waals surface area contributed by atoms with Gasteiger partial charge in [-0.2, -0.15) is 11.3 Å². The Kier molecular flexibility index (Phi) is 4.92. The maximum atomic E-state index is 13.6. The molecule has 0 aliphatic heterocycles. The molecule has 5 aromatic rings. The van der Waals surface area contributed by atoms with Gasteiger partial charge in [-0.1, -0.05) is 24.3 Å². The van der Waals surface area contributed by atoms with Gasteiger partial charge in [0.15, 0.2) is 0 Å². The minimum absolute atomic E-state index is 0.0662. The Morgan fingerprint density at radius 1 is 1.00 bits per heavy atom. The van der Waals surface area contributed by atoms with E-state index in [-0.39, 0.29) is 17.7 Å². The molecule has 0 aliphatic rings. The molecule has 5 nitrogen and oxygen atoms in total. The molecule has 0 fully saturated rings. The van der Waals surface area contributed by atoms with Gasteiger partial charge in [0.05, 0.1) is 5.52 Å². The minimum Gasteiger partial charge on any atom is -0.481 e. The van der Waals surface area contributed by atoms with E-state index in [4.69, 9.17) is 5.11 Å². The zero-order chi connectivity index (χ0) is 21.6. The van der Waals surface area contributed by atoms with Gasteiger partial charge in [-0.25, -0.2) is 12.4 Å². The minimum atomic E-state index is -3.85. The first-order valence-corrected chi connectivity index (χ1v) is 12.8. The Morgan fingerprint density at radius 2 is 1.84 bits per heavy atom. The summed E-state index contributed by atoms with van der Waals surface area (Å²) in [5, 5.41) is 16.3. The molecule has 31 heavy (non-hydrogen) atoms. The standard InChI is InChI=1S/C23H17NO4S3/c25-23(26)8-6-16-12-24(20-7-5-15(11-19(16)20)17-9-10-29-13-17)31(27,28)22-14-30-21-4-2-1-3-18(21)22/h1-5,7,9-14H,6,8H2,(H,25,26). The first-order valence-electron chi connectivity index (χ1n) is 9.55. The lowest BCUT2D eigenvalue weighted by Crippen LogP contribution is -2.11. The Labute approximate surface area is 186 Å². The maximum absolute atomic E-state index is 13.6. The molecule has 0 amide bonds. The third-order valence-corrected chi connectivity index (χ3v) is 8.81. The van der Waals surface area contributed by atoms with E-state index in [9.17, 15) is 13.2 Å². The fourth-order valence-electron chi connectivity index (χ4n) is 3.77. The number of rotatable bonds is 6. The Bertz CT molecular complexity index is 1530. The highest BCUT2D eigenvalue weighted by Gasteiger charge is 2.25. The number of fused-ring (bicyclic) bond motifs is 2. The average Bonchev–Trinajstić information content (AvgIpc) is 3.50. The Balaban J connectivity index is 1.72. The van der Waals surface area contributed by atoms with Gasteiger partial charge in [0, 0.05) is 33.5 Å². The number of aliphatic carboxylic acids is 1. The number of carboxylic acids is 1. The highest BCUT2D eigenvalue weighted by atomic mass is 32.2. The van der Waals surface area contributed by atoms with Gasteiger partial charge in [0.25, 0.3) is 10.0 Å². The molecule has 0 spiro atoms. The predicted molar refractivity (Wildman–Crippen MR) is 126 cm³/mol. The molecule has 156 valence electrons. The first-order chi connectivity index (χ1) is 14.9. The summed E-state index contributed by atoms with van der Waals surface area (Å²) in [4.78, 5) is 11.4. The van der Waals surface area contributed by atoms with Gasteiger partial charge in [-0.3, -0.25) is 4.79 Å². The summed E-state index contributed by atoms with van der Waals surface area (Å²) < 4.78 is 29.5. The number of aromatic nitrogens is 1. The molecular formula is C23H17NO4S3. The van der Waals surface area contributed by atoms with E-state index in [1.54, 1.807) is 29.0 Å². The van der Waals surface area contributed by atoms with Crippen LogP contribution in [-0.2, 0) is 21.2 Å². The van der Waals surface area contributed by atoms with Crippen LogP contribution in [0, 0.1) is 0 Å². The van der Waals surface area contributed by atoms with Crippen molar-refractivity contribution >= 4 is 59.7 Å². The molecule has 2 aromatic carbocycles. The van der Waals surface area contributed by atoms with E-state index < -0.39 is 16.0 Å². The van der Waals surface area contributed by atoms with Crippen LogP contribution in [0.2, 0.25) is 0 Å². The summed E-state index contributed by atoms with van der Waals surface area (Å²) >= 11 is 2.98. The fourth-order valence-corrected chi connectivity index (χ4v) is 7.31. The van der Waals surface area contributed by atoms with Crippen molar-refractivity contribution in [2.24, 2.45) is 0 Å². The molecule has 8 heteroatoms. The van der Waals surface area contributed by atoms with Gasteiger partial charge >= 0.3 is 5.97 Å². The summed E-state index contributed by atoms with van der Waals surface area (Å²) in [7, 11) is -3.85. The molecular weight excluding hydrogens is 450 g/mol. The quantitative estimate of drug-likeness (QED) is 0.340. The van der Waals surface area contributed by atoms with Crippen LogP contribution in [0.4, 0.5) is 0 Å². The summed E-state index contributed by atoms with van der Waals surface area (Å²) in [5.74, 6) is -0.915. The summed E-state index contributed by atoms with van der Waals surface area (Å²) in [6, 6.07) is 15.1. The molecule has 3 aromatic heterocycles. The largest absolute Gasteiger partial charge is 0.481 e. The lowest BCUT2D eigenvalue weighted by atomic mass is 10.0. The SMILES string of the molecule is O=C(O)CCc1cn(S(=O)(=O)c2csc3ccccc23)c2ccc(-c3ccsc3)cc12. The summed E-state index contributed by atoms with van der Waals surface area (Å²) in [6.07, 6.45) is 1.77. The second-order valence-electron chi connectivity index (χ2n) is 7.19. The molecule has 5 rings (SSSR count). The van der Waals surface area contributed by atoms with E-state index in [0.29, 0.717) is 16.5 Å². The van der Waals surface area contributed by atoms with Crippen molar-refractivity contribution in [3.8, 4) is 11.1 Å². The number of benzene rings is 2. The monoisotopic (exact) mass is 467 g/mol. The third kappa shape index (κ3) is 3.46. The lowest BCUT2D eigenvalue weighted by molar-refractivity contribution is -0.136. The second-order valence-corrected chi connectivity index (χ2v) is 10.7. The number of carboxylic acid groups (broad SMARTS) is 1. The van der Waals surface area contributed by atoms with Crippen LogP contribution in [0.1, 0.15) is 12.0 Å². The van der Waals surface area contributed by atoms with Crippen LogP contribution in [0.5, 0.6) is 0 Å². The number of nitrogens with zero attached hydrogens (tertiary/aromatic N) is 1.